The van der Waals surface area contributed by atoms with E-state index in [1.165, 1.54) is 12.0 Å². The van der Waals surface area contributed by atoms with Gasteiger partial charge in [0, 0.05) is 45.0 Å². The van der Waals surface area contributed by atoms with Gasteiger partial charge in [0.2, 0.25) is 5.91 Å². The number of ether oxygens (including phenoxy) is 1. The Hall–Kier alpha value is -1.46. The first-order valence-electron chi connectivity index (χ1n) is 10.2. The molecular formula is C21H33N3O2. The fraction of sp³-hybridized carbons (Fsp3) is 0.714. The summed E-state index contributed by atoms with van der Waals surface area (Å²) in [5.41, 5.74) is 1.27. The summed E-state index contributed by atoms with van der Waals surface area (Å²) in [4.78, 5) is 20.9. The summed E-state index contributed by atoms with van der Waals surface area (Å²) < 4.78 is 6.53. The molecule has 2 fully saturated rings. The lowest BCUT2D eigenvalue weighted by Gasteiger charge is -2.40. The zero-order valence-corrected chi connectivity index (χ0v) is 16.3. The molecule has 2 aliphatic heterocycles. The molecule has 1 aromatic rings. The van der Waals surface area contributed by atoms with Gasteiger partial charge in [-0.1, -0.05) is 6.07 Å². The van der Waals surface area contributed by atoms with Crippen molar-refractivity contribution < 1.29 is 9.53 Å². The van der Waals surface area contributed by atoms with Crippen LogP contribution in [0.4, 0.5) is 0 Å². The van der Waals surface area contributed by atoms with Gasteiger partial charge in [0.1, 0.15) is 0 Å². The van der Waals surface area contributed by atoms with Gasteiger partial charge < -0.3 is 9.64 Å². The van der Waals surface area contributed by atoms with Crippen molar-refractivity contribution >= 4 is 5.91 Å². The average Bonchev–Trinajstić information content (AvgIpc) is 3.04. The number of amides is 1. The highest BCUT2D eigenvalue weighted by atomic mass is 16.5. The van der Waals surface area contributed by atoms with E-state index in [4.69, 9.17) is 4.74 Å². The molecule has 2 atom stereocenters. The molecule has 144 valence electrons. The van der Waals surface area contributed by atoms with Crippen molar-refractivity contribution in [3.63, 3.8) is 0 Å². The van der Waals surface area contributed by atoms with Crippen LogP contribution in [0.3, 0.4) is 0 Å². The van der Waals surface area contributed by atoms with Crippen molar-refractivity contribution in [1.82, 2.24) is 14.8 Å². The number of hydrogen-bond acceptors (Lipinski definition) is 4. The van der Waals surface area contributed by atoms with Crippen LogP contribution >= 0.6 is 0 Å². The molecule has 0 aromatic carbocycles. The molecule has 1 aromatic heterocycles. The maximum absolute atomic E-state index is 12.2. The number of rotatable bonds is 7. The quantitative estimate of drug-likeness (QED) is 0.750. The molecule has 3 rings (SSSR count). The van der Waals surface area contributed by atoms with E-state index < -0.39 is 0 Å². The predicted octanol–water partition coefficient (Wildman–Crippen LogP) is 3.24. The Morgan fingerprint density at radius 3 is 2.96 bits per heavy atom. The minimum Gasteiger partial charge on any atom is -0.370 e. The summed E-state index contributed by atoms with van der Waals surface area (Å²) in [6.45, 7) is 8.77. The number of likely N-dealkylation sites (tertiary alicyclic amines) is 1. The Morgan fingerprint density at radius 1 is 1.38 bits per heavy atom. The SMILES string of the molecule is CCN(CC)C(=O)CC[C@@H]1CC[C@]2(CCCN(Cc3cccnc3)C2)O1. The number of nitrogens with zero attached hydrogens (tertiary/aromatic N) is 3. The maximum Gasteiger partial charge on any atom is 0.222 e. The molecule has 3 heterocycles. The Labute approximate surface area is 157 Å². The smallest absolute Gasteiger partial charge is 0.222 e. The van der Waals surface area contributed by atoms with Gasteiger partial charge in [-0.25, -0.2) is 0 Å². The van der Waals surface area contributed by atoms with Crippen LogP contribution in [-0.2, 0) is 16.1 Å². The minimum atomic E-state index is 0.00335. The molecule has 1 spiro atoms. The summed E-state index contributed by atoms with van der Waals surface area (Å²) in [5, 5.41) is 0. The fourth-order valence-electron chi connectivity index (χ4n) is 4.49. The second-order valence-corrected chi connectivity index (χ2v) is 7.74. The third-order valence-electron chi connectivity index (χ3n) is 5.88. The summed E-state index contributed by atoms with van der Waals surface area (Å²) in [6, 6.07) is 4.15. The van der Waals surface area contributed by atoms with Crippen molar-refractivity contribution in [3.8, 4) is 0 Å². The number of pyridine rings is 1. The Kier molecular flexibility index (Phi) is 6.65. The molecule has 2 saturated heterocycles. The zero-order chi connectivity index (χ0) is 18.4. The monoisotopic (exact) mass is 359 g/mol. The molecule has 2 aliphatic rings. The van der Waals surface area contributed by atoms with Crippen LogP contribution in [0.1, 0.15) is 57.9 Å². The standard InChI is InChI=1S/C21H33N3O2/c1-3-24(4-2)20(25)9-8-19-10-12-21(26-19)11-6-14-23(17-21)16-18-7-5-13-22-15-18/h5,7,13,15,19H,3-4,6,8-12,14,16-17H2,1-2H3/t19-,21+/m1/s1. The molecular weight excluding hydrogens is 326 g/mol. The van der Waals surface area contributed by atoms with Crippen LogP contribution in [0.2, 0.25) is 0 Å². The molecule has 0 saturated carbocycles. The van der Waals surface area contributed by atoms with E-state index in [1.54, 1.807) is 0 Å². The van der Waals surface area contributed by atoms with Crippen molar-refractivity contribution in [2.75, 3.05) is 26.2 Å². The van der Waals surface area contributed by atoms with Gasteiger partial charge in [-0.15, -0.1) is 0 Å². The number of aromatic nitrogens is 1. The molecule has 0 unspecified atom stereocenters. The van der Waals surface area contributed by atoms with E-state index in [0.29, 0.717) is 6.42 Å². The fourth-order valence-corrected chi connectivity index (χ4v) is 4.49. The van der Waals surface area contributed by atoms with E-state index >= 15 is 0 Å². The van der Waals surface area contributed by atoms with Gasteiger partial charge in [-0.05, 0) is 64.1 Å². The summed E-state index contributed by atoms with van der Waals surface area (Å²) in [5.74, 6) is 0.265. The van der Waals surface area contributed by atoms with Gasteiger partial charge in [0.25, 0.3) is 0 Å². The van der Waals surface area contributed by atoms with Crippen LogP contribution in [-0.4, -0.2) is 58.6 Å². The van der Waals surface area contributed by atoms with Crippen molar-refractivity contribution in [2.24, 2.45) is 0 Å². The van der Waals surface area contributed by atoms with E-state index in [2.05, 4.69) is 16.0 Å². The lowest BCUT2D eigenvalue weighted by molar-refractivity contribution is -0.132. The van der Waals surface area contributed by atoms with Gasteiger partial charge in [-0.2, -0.15) is 0 Å². The topological polar surface area (TPSA) is 45.7 Å². The molecule has 1 amide bonds. The van der Waals surface area contributed by atoms with E-state index in [1.807, 2.05) is 37.2 Å². The van der Waals surface area contributed by atoms with Crippen molar-refractivity contribution in [1.29, 1.82) is 0 Å². The Bertz CT molecular complexity index is 576. The predicted molar refractivity (Wildman–Crippen MR) is 103 cm³/mol. The largest absolute Gasteiger partial charge is 0.370 e. The zero-order valence-electron chi connectivity index (χ0n) is 16.3. The van der Waals surface area contributed by atoms with E-state index in [0.717, 1.165) is 58.4 Å². The maximum atomic E-state index is 12.2. The third-order valence-corrected chi connectivity index (χ3v) is 5.88. The summed E-state index contributed by atoms with van der Waals surface area (Å²) in [7, 11) is 0. The van der Waals surface area contributed by atoms with Gasteiger partial charge in [0.05, 0.1) is 11.7 Å². The van der Waals surface area contributed by atoms with Crippen molar-refractivity contribution in [3.05, 3.63) is 30.1 Å². The highest BCUT2D eigenvalue weighted by Gasteiger charge is 2.43. The van der Waals surface area contributed by atoms with E-state index in [-0.39, 0.29) is 17.6 Å². The minimum absolute atomic E-state index is 0.00335. The van der Waals surface area contributed by atoms with Crippen LogP contribution in [0, 0.1) is 0 Å². The number of carbonyl (C=O) groups excluding carboxylic acids is 1. The Morgan fingerprint density at radius 2 is 2.23 bits per heavy atom. The van der Waals surface area contributed by atoms with Crippen LogP contribution in [0.25, 0.3) is 0 Å². The van der Waals surface area contributed by atoms with E-state index in [9.17, 15) is 4.79 Å². The molecule has 0 aliphatic carbocycles. The second kappa shape index (κ2) is 8.96. The normalized spacial score (nSPS) is 26.3. The molecule has 26 heavy (non-hydrogen) atoms. The molecule has 0 radical (unpaired) electrons. The molecule has 5 heteroatoms. The van der Waals surface area contributed by atoms with Crippen LogP contribution in [0.15, 0.2) is 24.5 Å². The number of piperidine rings is 1. The van der Waals surface area contributed by atoms with Crippen molar-refractivity contribution in [2.45, 2.75) is 70.6 Å². The van der Waals surface area contributed by atoms with Crippen LogP contribution < -0.4 is 0 Å². The first-order valence-corrected chi connectivity index (χ1v) is 10.2. The third kappa shape index (κ3) is 4.83. The van der Waals surface area contributed by atoms with Gasteiger partial charge in [-0.3, -0.25) is 14.7 Å². The Balaban J connectivity index is 1.49. The summed E-state index contributed by atoms with van der Waals surface area (Å²) in [6.07, 6.45) is 10.0. The van der Waals surface area contributed by atoms with Crippen LogP contribution in [0.5, 0.6) is 0 Å². The average molecular weight is 360 g/mol. The number of carbonyl (C=O) groups is 1. The first kappa shape index (κ1) is 19.3. The van der Waals surface area contributed by atoms with Gasteiger partial charge >= 0.3 is 0 Å². The highest BCUT2D eigenvalue weighted by Crippen LogP contribution is 2.39. The number of hydrogen-bond donors (Lipinski definition) is 0. The first-order chi connectivity index (χ1) is 12.6. The highest BCUT2D eigenvalue weighted by molar-refractivity contribution is 5.76. The molecule has 5 nitrogen and oxygen atoms in total. The lowest BCUT2D eigenvalue weighted by Crippen LogP contribution is -2.47. The molecule has 0 bridgehead atoms. The molecule has 0 N–H and O–H groups in total. The summed E-state index contributed by atoms with van der Waals surface area (Å²) >= 11 is 0. The second-order valence-electron chi connectivity index (χ2n) is 7.74. The lowest BCUT2D eigenvalue weighted by atomic mass is 9.89. The van der Waals surface area contributed by atoms with Gasteiger partial charge in [0.15, 0.2) is 0 Å².